The Balaban J connectivity index is 2.39. The van der Waals surface area contributed by atoms with Gasteiger partial charge >= 0.3 is 5.97 Å². The molecule has 0 aromatic heterocycles. The van der Waals surface area contributed by atoms with Gasteiger partial charge in [0, 0.05) is 18.8 Å². The van der Waals surface area contributed by atoms with Crippen molar-refractivity contribution in [3.63, 3.8) is 0 Å². The summed E-state index contributed by atoms with van der Waals surface area (Å²) in [6.07, 6.45) is 1.65. The summed E-state index contributed by atoms with van der Waals surface area (Å²) in [6.45, 7) is 0.965. The van der Waals surface area contributed by atoms with Gasteiger partial charge < -0.3 is 15.5 Å². The first-order valence-corrected chi connectivity index (χ1v) is 4.84. The van der Waals surface area contributed by atoms with Crippen LogP contribution in [-0.4, -0.2) is 29.3 Å². The predicted octanol–water partition coefficient (Wildman–Crippen LogP) is 1.37. The molecule has 1 radical (unpaired) electrons. The highest BCUT2D eigenvalue weighted by Gasteiger charge is 2.01. The topological polar surface area (TPSA) is 69.6 Å². The number of carbonyl (C=O) groups is 1. The summed E-state index contributed by atoms with van der Waals surface area (Å²) >= 11 is 0. The molecule has 1 aromatic rings. The van der Waals surface area contributed by atoms with Gasteiger partial charge in [-0.1, -0.05) is 0 Å². The van der Waals surface area contributed by atoms with Crippen molar-refractivity contribution < 1.29 is 15.0 Å². The van der Waals surface area contributed by atoms with E-state index in [0.717, 1.165) is 25.1 Å². The Kier molecular flexibility index (Phi) is 4.63. The second-order valence-corrected chi connectivity index (χ2v) is 3.15. The van der Waals surface area contributed by atoms with Crippen molar-refractivity contribution in [2.24, 2.45) is 0 Å². The third kappa shape index (κ3) is 3.99. The zero-order chi connectivity index (χ0) is 11.1. The van der Waals surface area contributed by atoms with Crippen LogP contribution in [0.3, 0.4) is 0 Å². The molecule has 0 heterocycles. The number of unbranched alkanes of at least 4 members (excludes halogenated alkanes) is 1. The molecule has 4 heteroatoms. The first-order valence-electron chi connectivity index (χ1n) is 4.84. The molecule has 0 saturated heterocycles. The molecular formula is C11H14NO3. The molecule has 15 heavy (non-hydrogen) atoms. The molecular weight excluding hydrogens is 194 g/mol. The first-order chi connectivity index (χ1) is 7.24. The van der Waals surface area contributed by atoms with Crippen LogP contribution in [0.15, 0.2) is 18.2 Å². The molecule has 0 spiro atoms. The lowest BCUT2D eigenvalue weighted by Gasteiger charge is -2.05. The molecule has 0 unspecified atom stereocenters. The fourth-order valence-corrected chi connectivity index (χ4v) is 1.14. The van der Waals surface area contributed by atoms with Crippen molar-refractivity contribution in [1.29, 1.82) is 0 Å². The highest BCUT2D eigenvalue weighted by atomic mass is 16.4. The largest absolute Gasteiger partial charge is 0.478 e. The molecule has 81 valence electrons. The van der Waals surface area contributed by atoms with Crippen LogP contribution in [0.25, 0.3) is 0 Å². The van der Waals surface area contributed by atoms with Crippen LogP contribution in [0.2, 0.25) is 0 Å². The van der Waals surface area contributed by atoms with Crippen LogP contribution in [-0.2, 0) is 0 Å². The Labute approximate surface area is 88.6 Å². The van der Waals surface area contributed by atoms with Gasteiger partial charge in [0.1, 0.15) is 0 Å². The SMILES string of the molecule is O=C(O)c1[c]cc(NCCCCO)cc1. The van der Waals surface area contributed by atoms with E-state index in [1.54, 1.807) is 12.1 Å². The Hall–Kier alpha value is -1.55. The van der Waals surface area contributed by atoms with E-state index in [0.29, 0.717) is 0 Å². The maximum absolute atomic E-state index is 10.5. The Morgan fingerprint density at radius 1 is 1.40 bits per heavy atom. The molecule has 0 amide bonds. The lowest BCUT2D eigenvalue weighted by atomic mass is 10.2. The minimum Gasteiger partial charge on any atom is -0.478 e. The summed E-state index contributed by atoms with van der Waals surface area (Å²) in [5, 5.41) is 20.3. The highest BCUT2D eigenvalue weighted by molar-refractivity contribution is 5.87. The zero-order valence-corrected chi connectivity index (χ0v) is 8.36. The number of aliphatic hydroxyl groups excluding tert-OH is 1. The molecule has 4 nitrogen and oxygen atoms in total. The van der Waals surface area contributed by atoms with Gasteiger partial charge in [0.05, 0.1) is 5.56 Å². The molecule has 1 aromatic carbocycles. The summed E-state index contributed by atoms with van der Waals surface area (Å²) in [5.74, 6) is -0.971. The quantitative estimate of drug-likeness (QED) is 0.617. The molecule has 3 N–H and O–H groups in total. The maximum atomic E-state index is 10.5. The Morgan fingerprint density at radius 2 is 2.20 bits per heavy atom. The molecule has 1 rings (SSSR count). The molecule has 0 fully saturated rings. The summed E-state index contributed by atoms with van der Waals surface area (Å²) in [6, 6.07) is 7.50. The van der Waals surface area contributed by atoms with Crippen LogP contribution in [0.5, 0.6) is 0 Å². The van der Waals surface area contributed by atoms with Crippen molar-refractivity contribution in [1.82, 2.24) is 0 Å². The van der Waals surface area contributed by atoms with Crippen LogP contribution >= 0.6 is 0 Å². The average molecular weight is 208 g/mol. The van der Waals surface area contributed by atoms with Crippen molar-refractivity contribution in [3.8, 4) is 0 Å². The van der Waals surface area contributed by atoms with Crippen molar-refractivity contribution >= 4 is 11.7 Å². The van der Waals surface area contributed by atoms with Crippen LogP contribution < -0.4 is 5.32 Å². The first kappa shape index (κ1) is 11.5. The van der Waals surface area contributed by atoms with Crippen LogP contribution in [0.4, 0.5) is 5.69 Å². The van der Waals surface area contributed by atoms with Gasteiger partial charge in [0.2, 0.25) is 0 Å². The number of benzene rings is 1. The van der Waals surface area contributed by atoms with E-state index in [4.69, 9.17) is 10.2 Å². The number of anilines is 1. The van der Waals surface area contributed by atoms with Gasteiger partial charge in [0.25, 0.3) is 0 Å². The second-order valence-electron chi connectivity index (χ2n) is 3.15. The standard InChI is InChI=1S/C11H14NO3/c13-8-2-1-7-12-10-5-3-9(4-6-10)11(14)15/h3,5-6,12-13H,1-2,7-8H2,(H,14,15). The highest BCUT2D eigenvalue weighted by Crippen LogP contribution is 2.08. The minimum atomic E-state index is -0.971. The lowest BCUT2D eigenvalue weighted by Crippen LogP contribution is -2.03. The van der Waals surface area contributed by atoms with Gasteiger partial charge in [-0.25, -0.2) is 4.79 Å². The number of aromatic carboxylic acids is 1. The molecule has 0 aliphatic rings. The van der Waals surface area contributed by atoms with E-state index in [-0.39, 0.29) is 12.2 Å². The van der Waals surface area contributed by atoms with E-state index in [2.05, 4.69) is 11.4 Å². The van der Waals surface area contributed by atoms with Gasteiger partial charge in [-0.3, -0.25) is 0 Å². The van der Waals surface area contributed by atoms with E-state index >= 15 is 0 Å². The van der Waals surface area contributed by atoms with Crippen molar-refractivity contribution in [2.75, 3.05) is 18.5 Å². The summed E-state index contributed by atoms with van der Waals surface area (Å²) in [7, 11) is 0. The minimum absolute atomic E-state index is 0.163. The Morgan fingerprint density at radius 3 is 2.73 bits per heavy atom. The maximum Gasteiger partial charge on any atom is 0.336 e. The van der Waals surface area contributed by atoms with E-state index in [1.807, 2.05) is 0 Å². The molecule has 0 bridgehead atoms. The van der Waals surface area contributed by atoms with Crippen LogP contribution in [0, 0.1) is 6.07 Å². The van der Waals surface area contributed by atoms with Gasteiger partial charge in [-0.2, -0.15) is 0 Å². The number of hydrogen-bond donors (Lipinski definition) is 3. The van der Waals surface area contributed by atoms with E-state index < -0.39 is 5.97 Å². The number of rotatable bonds is 6. The number of carboxylic acids is 1. The van der Waals surface area contributed by atoms with Crippen LogP contribution in [0.1, 0.15) is 23.2 Å². The van der Waals surface area contributed by atoms with Gasteiger partial charge in [0.15, 0.2) is 0 Å². The normalized spacial score (nSPS) is 9.93. The number of hydrogen-bond acceptors (Lipinski definition) is 3. The smallest absolute Gasteiger partial charge is 0.336 e. The third-order valence-corrected chi connectivity index (χ3v) is 1.96. The zero-order valence-electron chi connectivity index (χ0n) is 8.36. The molecule has 0 aliphatic heterocycles. The van der Waals surface area contributed by atoms with Crippen molar-refractivity contribution in [3.05, 3.63) is 29.8 Å². The summed E-state index contributed by atoms with van der Waals surface area (Å²) in [5.41, 5.74) is 1.01. The Bertz CT molecular complexity index is 308. The summed E-state index contributed by atoms with van der Waals surface area (Å²) in [4.78, 5) is 10.5. The fourth-order valence-electron chi connectivity index (χ4n) is 1.14. The molecule has 0 atom stereocenters. The molecule has 0 saturated carbocycles. The number of aliphatic hydroxyl groups is 1. The average Bonchev–Trinajstić information content (AvgIpc) is 2.25. The fraction of sp³-hybridized carbons (Fsp3) is 0.364. The summed E-state index contributed by atoms with van der Waals surface area (Å²) < 4.78 is 0. The van der Waals surface area contributed by atoms with Gasteiger partial charge in [-0.15, -0.1) is 0 Å². The third-order valence-electron chi connectivity index (χ3n) is 1.96. The second kappa shape index (κ2) is 6.03. The monoisotopic (exact) mass is 208 g/mol. The van der Waals surface area contributed by atoms with Gasteiger partial charge in [-0.05, 0) is 37.1 Å². The lowest BCUT2D eigenvalue weighted by molar-refractivity contribution is 0.0696. The van der Waals surface area contributed by atoms with E-state index in [1.165, 1.54) is 6.07 Å². The predicted molar refractivity (Wildman–Crippen MR) is 57.0 cm³/mol. The van der Waals surface area contributed by atoms with Crippen molar-refractivity contribution in [2.45, 2.75) is 12.8 Å². The number of nitrogens with one attached hydrogen (secondary N) is 1. The number of carboxylic acid groups (broad SMARTS) is 1. The molecule has 0 aliphatic carbocycles. The van der Waals surface area contributed by atoms with E-state index in [9.17, 15) is 4.79 Å².